The summed E-state index contributed by atoms with van der Waals surface area (Å²) in [6, 6.07) is 7.96. The Morgan fingerprint density at radius 2 is 1.74 bits per heavy atom. The van der Waals surface area contributed by atoms with Crippen molar-refractivity contribution < 1.29 is 8.42 Å². The molecule has 0 fully saturated rings. The lowest BCUT2D eigenvalue weighted by molar-refractivity contribution is 0.598. The minimum absolute atomic E-state index is 0.184. The zero-order valence-corrected chi connectivity index (χ0v) is 18.1. The molecule has 144 valence electrons. The summed E-state index contributed by atoms with van der Waals surface area (Å²) in [5.41, 5.74) is 3.60. The Kier molecular flexibility index (Phi) is 5.43. The molecule has 0 saturated heterocycles. The fourth-order valence-corrected chi connectivity index (χ4v) is 4.58. The molecule has 0 saturated carbocycles. The predicted molar refractivity (Wildman–Crippen MR) is 108 cm³/mol. The molecule has 1 N–H and O–H groups in total. The molecular formula is C18H22BrN5O2S. The van der Waals surface area contributed by atoms with Crippen molar-refractivity contribution in [2.75, 3.05) is 4.72 Å². The zero-order chi connectivity index (χ0) is 19.8. The Morgan fingerprint density at radius 3 is 2.33 bits per heavy atom. The highest BCUT2D eigenvalue weighted by atomic mass is 79.9. The minimum atomic E-state index is -3.74. The molecule has 0 spiro atoms. The van der Waals surface area contributed by atoms with E-state index in [1.54, 1.807) is 23.2 Å². The standard InChI is InChI=1S/C18H22BrN5O2S/c1-5-23-13(3)17(10-20-23)27(25,26)22-18-12(2)21-24(14(18)4)11-15-6-8-16(19)9-7-15/h6-10,22H,5,11H2,1-4H3. The molecule has 0 bridgehead atoms. The van der Waals surface area contributed by atoms with Crippen molar-refractivity contribution in [1.82, 2.24) is 19.6 Å². The number of hydrogen-bond donors (Lipinski definition) is 1. The average Bonchev–Trinajstić information content (AvgIpc) is 3.12. The first-order valence-electron chi connectivity index (χ1n) is 8.56. The highest BCUT2D eigenvalue weighted by molar-refractivity contribution is 9.10. The van der Waals surface area contributed by atoms with Crippen LogP contribution in [0.1, 0.15) is 29.6 Å². The summed E-state index contributed by atoms with van der Waals surface area (Å²) in [5, 5.41) is 8.63. The molecule has 3 aromatic rings. The SMILES string of the molecule is CCn1ncc(S(=O)(=O)Nc2c(C)nn(Cc3ccc(Br)cc3)c2C)c1C. The largest absolute Gasteiger partial charge is 0.276 e. The number of aromatic nitrogens is 4. The van der Waals surface area contributed by atoms with Crippen LogP contribution in [0, 0.1) is 20.8 Å². The Bertz CT molecular complexity index is 1070. The first kappa shape index (κ1) is 19.6. The molecule has 0 aliphatic heterocycles. The summed E-state index contributed by atoms with van der Waals surface area (Å²) in [6.07, 6.45) is 1.39. The third-order valence-corrected chi connectivity index (χ3v) is 6.49. The van der Waals surface area contributed by atoms with E-state index >= 15 is 0 Å². The van der Waals surface area contributed by atoms with Gasteiger partial charge in [0.25, 0.3) is 10.0 Å². The number of sulfonamides is 1. The normalized spacial score (nSPS) is 11.7. The van der Waals surface area contributed by atoms with E-state index in [0.29, 0.717) is 30.2 Å². The highest BCUT2D eigenvalue weighted by Gasteiger charge is 2.24. The van der Waals surface area contributed by atoms with Gasteiger partial charge in [0.15, 0.2) is 0 Å². The van der Waals surface area contributed by atoms with Gasteiger partial charge in [-0.3, -0.25) is 14.1 Å². The van der Waals surface area contributed by atoms with Gasteiger partial charge in [0.1, 0.15) is 4.90 Å². The van der Waals surface area contributed by atoms with Gasteiger partial charge in [0, 0.05) is 11.0 Å². The summed E-state index contributed by atoms with van der Waals surface area (Å²) < 4.78 is 32.9. The van der Waals surface area contributed by atoms with Gasteiger partial charge >= 0.3 is 0 Å². The van der Waals surface area contributed by atoms with Crippen LogP contribution in [0.15, 0.2) is 39.8 Å². The Balaban J connectivity index is 1.90. The van der Waals surface area contributed by atoms with Crippen LogP contribution in [0.5, 0.6) is 0 Å². The second kappa shape index (κ2) is 7.47. The maximum atomic E-state index is 12.9. The van der Waals surface area contributed by atoms with Crippen LogP contribution in [-0.4, -0.2) is 28.0 Å². The van der Waals surface area contributed by atoms with Crippen LogP contribution >= 0.6 is 15.9 Å². The van der Waals surface area contributed by atoms with Gasteiger partial charge in [0.05, 0.1) is 35.5 Å². The van der Waals surface area contributed by atoms with Gasteiger partial charge in [-0.2, -0.15) is 10.2 Å². The third-order valence-electron chi connectivity index (χ3n) is 4.51. The van der Waals surface area contributed by atoms with E-state index in [4.69, 9.17) is 0 Å². The molecule has 2 aromatic heterocycles. The first-order valence-corrected chi connectivity index (χ1v) is 10.8. The van der Waals surface area contributed by atoms with Gasteiger partial charge in [-0.1, -0.05) is 28.1 Å². The number of nitrogens with zero attached hydrogens (tertiary/aromatic N) is 4. The molecule has 0 aliphatic rings. The van der Waals surface area contributed by atoms with Crippen molar-refractivity contribution in [3.8, 4) is 0 Å². The second-order valence-electron chi connectivity index (χ2n) is 6.35. The topological polar surface area (TPSA) is 81.8 Å². The Labute approximate surface area is 167 Å². The molecule has 0 unspecified atom stereocenters. The van der Waals surface area contributed by atoms with E-state index < -0.39 is 10.0 Å². The van der Waals surface area contributed by atoms with Gasteiger partial charge in [-0.15, -0.1) is 0 Å². The molecule has 0 amide bonds. The zero-order valence-electron chi connectivity index (χ0n) is 15.7. The van der Waals surface area contributed by atoms with Crippen LogP contribution in [0.3, 0.4) is 0 Å². The quantitative estimate of drug-likeness (QED) is 0.619. The molecular weight excluding hydrogens is 430 g/mol. The Morgan fingerprint density at radius 1 is 1.07 bits per heavy atom. The van der Waals surface area contributed by atoms with Crippen LogP contribution < -0.4 is 4.72 Å². The Hall–Kier alpha value is -2.13. The summed E-state index contributed by atoms with van der Waals surface area (Å²) in [7, 11) is -3.74. The number of rotatable bonds is 6. The van der Waals surface area contributed by atoms with E-state index in [9.17, 15) is 8.42 Å². The number of nitrogens with one attached hydrogen (secondary N) is 1. The van der Waals surface area contributed by atoms with E-state index in [-0.39, 0.29) is 4.90 Å². The summed E-state index contributed by atoms with van der Waals surface area (Å²) >= 11 is 3.42. The average molecular weight is 452 g/mol. The molecule has 3 rings (SSSR count). The van der Waals surface area contributed by atoms with Crippen LogP contribution in [0.4, 0.5) is 5.69 Å². The second-order valence-corrected chi connectivity index (χ2v) is 8.91. The molecule has 2 heterocycles. The predicted octanol–water partition coefficient (Wildman–Crippen LogP) is 3.64. The van der Waals surface area contributed by atoms with Crippen LogP contribution in [-0.2, 0) is 23.1 Å². The van der Waals surface area contributed by atoms with Gasteiger partial charge < -0.3 is 0 Å². The van der Waals surface area contributed by atoms with E-state index in [1.807, 2.05) is 38.1 Å². The minimum Gasteiger partial charge on any atom is -0.276 e. The van der Waals surface area contributed by atoms with Crippen LogP contribution in [0.25, 0.3) is 0 Å². The van der Waals surface area contributed by atoms with Gasteiger partial charge in [0.2, 0.25) is 0 Å². The van der Waals surface area contributed by atoms with Crippen molar-refractivity contribution in [3.63, 3.8) is 0 Å². The molecule has 7 nitrogen and oxygen atoms in total. The highest BCUT2D eigenvalue weighted by Crippen LogP contribution is 2.25. The molecule has 27 heavy (non-hydrogen) atoms. The fraction of sp³-hybridized carbons (Fsp3) is 0.333. The maximum Gasteiger partial charge on any atom is 0.265 e. The number of benzene rings is 1. The third kappa shape index (κ3) is 3.93. The summed E-state index contributed by atoms with van der Waals surface area (Å²) in [6.45, 7) is 8.51. The number of halogens is 1. The van der Waals surface area contributed by atoms with Crippen molar-refractivity contribution >= 4 is 31.6 Å². The summed E-state index contributed by atoms with van der Waals surface area (Å²) in [5.74, 6) is 0. The number of hydrogen-bond acceptors (Lipinski definition) is 4. The monoisotopic (exact) mass is 451 g/mol. The van der Waals surface area contributed by atoms with Crippen molar-refractivity contribution in [3.05, 3.63) is 57.6 Å². The molecule has 1 aromatic carbocycles. The fourth-order valence-electron chi connectivity index (χ4n) is 2.96. The molecule has 0 atom stereocenters. The lowest BCUT2D eigenvalue weighted by Gasteiger charge is -2.09. The van der Waals surface area contributed by atoms with E-state index in [1.165, 1.54) is 6.20 Å². The van der Waals surface area contributed by atoms with E-state index in [2.05, 4.69) is 30.8 Å². The van der Waals surface area contributed by atoms with Crippen LogP contribution in [0.2, 0.25) is 0 Å². The van der Waals surface area contributed by atoms with Crippen molar-refractivity contribution in [2.24, 2.45) is 0 Å². The lowest BCUT2D eigenvalue weighted by Crippen LogP contribution is -2.15. The lowest BCUT2D eigenvalue weighted by atomic mass is 10.2. The summed E-state index contributed by atoms with van der Waals surface area (Å²) in [4.78, 5) is 0.184. The van der Waals surface area contributed by atoms with Crippen molar-refractivity contribution in [2.45, 2.75) is 45.7 Å². The maximum absolute atomic E-state index is 12.9. The first-order chi connectivity index (χ1) is 12.7. The van der Waals surface area contributed by atoms with Crippen molar-refractivity contribution in [1.29, 1.82) is 0 Å². The molecule has 0 radical (unpaired) electrons. The van der Waals surface area contributed by atoms with Gasteiger partial charge in [-0.25, -0.2) is 8.42 Å². The molecule has 9 heteroatoms. The molecule has 0 aliphatic carbocycles. The number of anilines is 1. The smallest absolute Gasteiger partial charge is 0.265 e. The van der Waals surface area contributed by atoms with Gasteiger partial charge in [-0.05, 0) is 45.4 Å². The van der Waals surface area contributed by atoms with E-state index in [0.717, 1.165) is 15.7 Å². The number of aryl methyl sites for hydroxylation is 2.